The zero-order valence-electron chi connectivity index (χ0n) is 12.0. The average molecular weight is 412 g/mol. The van der Waals surface area contributed by atoms with Crippen molar-refractivity contribution in [3.05, 3.63) is 57.1 Å². The smallest absolute Gasteiger partial charge is 0.162 e. The zero-order valence-corrected chi connectivity index (χ0v) is 15.1. The Hall–Kier alpha value is -1.00. The van der Waals surface area contributed by atoms with Crippen molar-refractivity contribution in [2.45, 2.75) is 18.7 Å². The monoisotopic (exact) mass is 410 g/mol. The molecular weight excluding hydrogens is 396 g/mol. The van der Waals surface area contributed by atoms with Crippen LogP contribution in [-0.2, 0) is 0 Å². The van der Waals surface area contributed by atoms with Gasteiger partial charge in [-0.25, -0.2) is 0 Å². The van der Waals surface area contributed by atoms with Gasteiger partial charge in [0.05, 0.1) is 4.83 Å². The Bertz CT molecular complexity index is 662. The minimum absolute atomic E-state index is 0.112. The molecular formula is C17H16Br2O2. The third-order valence-corrected chi connectivity index (χ3v) is 5.18. The molecule has 0 aliphatic carbocycles. The summed E-state index contributed by atoms with van der Waals surface area (Å²) in [5.74, 6) is 1.62. The molecule has 1 atom stereocenters. The molecule has 0 N–H and O–H groups in total. The summed E-state index contributed by atoms with van der Waals surface area (Å²) in [6, 6.07) is 10.6. The first-order chi connectivity index (χ1) is 10.0. The summed E-state index contributed by atoms with van der Waals surface area (Å²) in [5, 5.41) is 0. The van der Waals surface area contributed by atoms with Crippen molar-refractivity contribution in [2.75, 3.05) is 13.2 Å². The minimum Gasteiger partial charge on any atom is -0.486 e. The summed E-state index contributed by atoms with van der Waals surface area (Å²) in [7, 11) is 0. The van der Waals surface area contributed by atoms with Crippen LogP contribution in [0.25, 0.3) is 0 Å². The molecule has 1 aliphatic rings. The Balaban J connectivity index is 2.02. The molecule has 2 nitrogen and oxygen atoms in total. The van der Waals surface area contributed by atoms with Gasteiger partial charge in [0, 0.05) is 4.47 Å². The number of alkyl halides is 1. The second-order valence-corrected chi connectivity index (χ2v) is 7.07. The molecule has 0 bridgehead atoms. The van der Waals surface area contributed by atoms with Crippen molar-refractivity contribution >= 4 is 31.9 Å². The first-order valence-corrected chi connectivity index (χ1v) is 8.57. The van der Waals surface area contributed by atoms with Gasteiger partial charge >= 0.3 is 0 Å². The summed E-state index contributed by atoms with van der Waals surface area (Å²) >= 11 is 7.46. The van der Waals surface area contributed by atoms with Crippen molar-refractivity contribution in [1.82, 2.24) is 0 Å². The number of benzene rings is 2. The molecule has 0 fully saturated rings. The molecule has 0 amide bonds. The normalized spacial score (nSPS) is 14.9. The molecule has 3 rings (SSSR count). The van der Waals surface area contributed by atoms with E-state index in [2.05, 4.69) is 70.0 Å². The molecule has 110 valence electrons. The Labute approximate surface area is 141 Å². The summed E-state index contributed by atoms with van der Waals surface area (Å²) in [4.78, 5) is 0.112. The quantitative estimate of drug-likeness (QED) is 0.622. The molecule has 0 saturated heterocycles. The van der Waals surface area contributed by atoms with Gasteiger partial charge in [0.1, 0.15) is 13.2 Å². The third-order valence-electron chi connectivity index (χ3n) is 3.47. The lowest BCUT2D eigenvalue weighted by Gasteiger charge is -2.22. The largest absolute Gasteiger partial charge is 0.486 e. The fraction of sp³-hybridized carbons (Fsp3) is 0.294. The molecule has 0 saturated carbocycles. The van der Waals surface area contributed by atoms with E-state index in [1.165, 1.54) is 16.7 Å². The number of fused-ring (bicyclic) bond motifs is 1. The summed E-state index contributed by atoms with van der Waals surface area (Å²) in [6.45, 7) is 5.45. The standard InChI is InChI=1S/C17H16Br2O2/c1-10-5-11(2)7-12(6-10)17(19)13-8-15-16(9-14(13)18)21-4-3-20-15/h5-9,17H,3-4H2,1-2H3. The first kappa shape index (κ1) is 14.9. The van der Waals surface area contributed by atoms with E-state index in [1.807, 2.05) is 6.07 Å². The molecule has 2 aromatic rings. The first-order valence-electron chi connectivity index (χ1n) is 6.86. The Morgan fingerprint density at radius 3 is 2.10 bits per heavy atom. The van der Waals surface area contributed by atoms with E-state index in [-0.39, 0.29) is 4.83 Å². The molecule has 1 heterocycles. The van der Waals surface area contributed by atoms with Gasteiger partial charge in [-0.2, -0.15) is 0 Å². The van der Waals surface area contributed by atoms with Crippen LogP contribution in [0.4, 0.5) is 0 Å². The molecule has 0 radical (unpaired) electrons. The molecule has 4 heteroatoms. The van der Waals surface area contributed by atoms with E-state index >= 15 is 0 Å². The second kappa shape index (κ2) is 6.01. The SMILES string of the molecule is Cc1cc(C)cc(C(Br)c2cc3c(cc2Br)OCCO3)c1. The van der Waals surface area contributed by atoms with Crippen molar-refractivity contribution in [1.29, 1.82) is 0 Å². The van der Waals surface area contributed by atoms with Gasteiger partial charge in [-0.15, -0.1) is 0 Å². The van der Waals surface area contributed by atoms with E-state index < -0.39 is 0 Å². The van der Waals surface area contributed by atoms with Gasteiger partial charge in [-0.05, 0) is 37.1 Å². The highest BCUT2D eigenvalue weighted by molar-refractivity contribution is 9.11. The fourth-order valence-electron chi connectivity index (χ4n) is 2.61. The maximum Gasteiger partial charge on any atom is 0.162 e. The van der Waals surface area contributed by atoms with E-state index in [9.17, 15) is 0 Å². The molecule has 1 unspecified atom stereocenters. The summed E-state index contributed by atoms with van der Waals surface area (Å²) in [6.07, 6.45) is 0. The van der Waals surface area contributed by atoms with Crippen LogP contribution in [0, 0.1) is 13.8 Å². The van der Waals surface area contributed by atoms with Crippen molar-refractivity contribution < 1.29 is 9.47 Å². The summed E-state index contributed by atoms with van der Waals surface area (Å²) in [5.41, 5.74) is 4.92. The van der Waals surface area contributed by atoms with Crippen molar-refractivity contribution in [3.63, 3.8) is 0 Å². The van der Waals surface area contributed by atoms with Gasteiger partial charge in [0.15, 0.2) is 11.5 Å². The Kier molecular flexibility index (Phi) is 4.27. The van der Waals surface area contributed by atoms with Crippen LogP contribution in [-0.4, -0.2) is 13.2 Å². The van der Waals surface area contributed by atoms with Crippen LogP contribution >= 0.6 is 31.9 Å². The van der Waals surface area contributed by atoms with Crippen molar-refractivity contribution in [2.24, 2.45) is 0 Å². The molecule has 1 aliphatic heterocycles. The van der Waals surface area contributed by atoms with Gasteiger partial charge in [0.25, 0.3) is 0 Å². The second-order valence-electron chi connectivity index (χ2n) is 5.30. The van der Waals surface area contributed by atoms with Gasteiger partial charge in [-0.3, -0.25) is 0 Å². The van der Waals surface area contributed by atoms with Gasteiger partial charge < -0.3 is 9.47 Å². The van der Waals surface area contributed by atoms with Crippen LogP contribution in [0.2, 0.25) is 0 Å². The maximum atomic E-state index is 5.69. The lowest BCUT2D eigenvalue weighted by atomic mass is 10.00. The Morgan fingerprint density at radius 1 is 0.905 bits per heavy atom. The number of rotatable bonds is 2. The lowest BCUT2D eigenvalue weighted by Crippen LogP contribution is -2.15. The zero-order chi connectivity index (χ0) is 15.0. The van der Waals surface area contributed by atoms with Crippen LogP contribution in [0.15, 0.2) is 34.8 Å². The van der Waals surface area contributed by atoms with Crippen LogP contribution in [0.3, 0.4) is 0 Å². The number of aryl methyl sites for hydroxylation is 2. The number of hydrogen-bond acceptors (Lipinski definition) is 2. The van der Waals surface area contributed by atoms with Crippen LogP contribution < -0.4 is 9.47 Å². The van der Waals surface area contributed by atoms with Crippen molar-refractivity contribution in [3.8, 4) is 11.5 Å². The predicted octanol–water partition coefficient (Wildman–Crippen LogP) is 5.32. The number of ether oxygens (including phenoxy) is 2. The highest BCUT2D eigenvalue weighted by Gasteiger charge is 2.20. The Morgan fingerprint density at radius 2 is 1.48 bits per heavy atom. The third kappa shape index (κ3) is 3.11. The highest BCUT2D eigenvalue weighted by Crippen LogP contribution is 2.42. The molecule has 0 aromatic heterocycles. The van der Waals surface area contributed by atoms with E-state index in [1.54, 1.807) is 0 Å². The van der Waals surface area contributed by atoms with Gasteiger partial charge in [-0.1, -0.05) is 61.2 Å². The topological polar surface area (TPSA) is 18.5 Å². The highest BCUT2D eigenvalue weighted by atomic mass is 79.9. The average Bonchev–Trinajstić information content (AvgIpc) is 2.44. The molecule has 2 aromatic carbocycles. The van der Waals surface area contributed by atoms with Gasteiger partial charge in [0.2, 0.25) is 0 Å². The van der Waals surface area contributed by atoms with E-state index in [0.29, 0.717) is 13.2 Å². The fourth-order valence-corrected chi connectivity index (χ4v) is 4.11. The van der Waals surface area contributed by atoms with E-state index in [0.717, 1.165) is 21.5 Å². The maximum absolute atomic E-state index is 5.69. The minimum atomic E-state index is 0.112. The van der Waals surface area contributed by atoms with Crippen LogP contribution in [0.5, 0.6) is 11.5 Å². The number of halogens is 2. The number of hydrogen-bond donors (Lipinski definition) is 0. The van der Waals surface area contributed by atoms with Crippen LogP contribution in [0.1, 0.15) is 27.1 Å². The lowest BCUT2D eigenvalue weighted by molar-refractivity contribution is 0.171. The molecule has 21 heavy (non-hydrogen) atoms. The van der Waals surface area contributed by atoms with E-state index in [4.69, 9.17) is 9.47 Å². The summed E-state index contributed by atoms with van der Waals surface area (Å²) < 4.78 is 12.3. The predicted molar refractivity (Wildman–Crippen MR) is 91.8 cm³/mol. The molecule has 0 spiro atoms.